The number of anilines is 1. The Hall–Kier alpha value is -2.37. The smallest absolute Gasteiger partial charge is 0.254 e. The van der Waals surface area contributed by atoms with Crippen molar-refractivity contribution < 1.29 is 14.4 Å². The number of nitrogens with one attached hydrogen (secondary N) is 1. The van der Waals surface area contributed by atoms with Crippen LogP contribution in [-0.2, 0) is 9.59 Å². The van der Waals surface area contributed by atoms with Crippen molar-refractivity contribution in [1.29, 1.82) is 0 Å². The first-order chi connectivity index (χ1) is 12.0. The second-order valence-corrected chi connectivity index (χ2v) is 6.86. The molecule has 25 heavy (non-hydrogen) atoms. The van der Waals surface area contributed by atoms with Gasteiger partial charge in [-0.15, -0.1) is 0 Å². The van der Waals surface area contributed by atoms with Crippen molar-refractivity contribution in [2.75, 3.05) is 31.5 Å². The van der Waals surface area contributed by atoms with Gasteiger partial charge in [0.2, 0.25) is 11.8 Å². The third kappa shape index (κ3) is 4.18. The largest absolute Gasteiger partial charge is 0.339 e. The number of rotatable bonds is 3. The number of hydrogen-bond donors (Lipinski definition) is 1. The van der Waals surface area contributed by atoms with E-state index in [1.54, 1.807) is 29.2 Å². The van der Waals surface area contributed by atoms with E-state index >= 15 is 0 Å². The second-order valence-electron chi connectivity index (χ2n) is 6.86. The lowest BCUT2D eigenvalue weighted by Gasteiger charge is -2.36. The van der Waals surface area contributed by atoms with Crippen molar-refractivity contribution in [2.24, 2.45) is 5.92 Å². The number of hydrogen-bond acceptors (Lipinski definition) is 3. The van der Waals surface area contributed by atoms with E-state index in [1.807, 2.05) is 4.90 Å². The van der Waals surface area contributed by atoms with Gasteiger partial charge in [0.15, 0.2) is 0 Å². The van der Waals surface area contributed by atoms with Crippen LogP contribution in [0, 0.1) is 5.92 Å². The maximum Gasteiger partial charge on any atom is 0.254 e. The highest BCUT2D eigenvalue weighted by atomic mass is 16.2. The number of amides is 3. The standard InChI is InChI=1S/C19H25N3O3/c1-14(23)20-17-8-4-7-16(13-17)19(25)22-11-9-21(10-12-22)18(24)15-5-2-3-6-15/h4,7-8,13,15H,2-3,5-6,9-12H2,1H3,(H,20,23). The summed E-state index contributed by atoms with van der Waals surface area (Å²) in [5.74, 6) is 0.234. The molecule has 0 aromatic heterocycles. The van der Waals surface area contributed by atoms with Crippen LogP contribution in [0.3, 0.4) is 0 Å². The molecule has 1 aliphatic heterocycles. The lowest BCUT2D eigenvalue weighted by molar-refractivity contribution is -0.136. The van der Waals surface area contributed by atoms with Gasteiger partial charge < -0.3 is 15.1 Å². The van der Waals surface area contributed by atoms with Gasteiger partial charge in [0, 0.05) is 50.3 Å². The van der Waals surface area contributed by atoms with Crippen LogP contribution in [0.25, 0.3) is 0 Å². The van der Waals surface area contributed by atoms with Crippen LogP contribution in [0.5, 0.6) is 0 Å². The summed E-state index contributed by atoms with van der Waals surface area (Å²) in [4.78, 5) is 40.0. The molecular weight excluding hydrogens is 318 g/mol. The third-order valence-corrected chi connectivity index (χ3v) is 5.01. The van der Waals surface area contributed by atoms with Crippen molar-refractivity contribution in [2.45, 2.75) is 32.6 Å². The Morgan fingerprint density at radius 3 is 2.28 bits per heavy atom. The monoisotopic (exact) mass is 343 g/mol. The SMILES string of the molecule is CC(=O)Nc1cccc(C(=O)N2CCN(C(=O)C3CCCC3)CC2)c1. The molecule has 2 fully saturated rings. The first-order valence-electron chi connectivity index (χ1n) is 9.00. The van der Waals surface area contributed by atoms with E-state index in [2.05, 4.69) is 5.32 Å². The molecule has 1 aromatic carbocycles. The minimum atomic E-state index is -0.163. The highest BCUT2D eigenvalue weighted by Crippen LogP contribution is 2.27. The molecule has 3 amide bonds. The van der Waals surface area contributed by atoms with Crippen LogP contribution in [0.4, 0.5) is 5.69 Å². The fourth-order valence-electron chi connectivity index (χ4n) is 3.68. The van der Waals surface area contributed by atoms with E-state index in [0.717, 1.165) is 25.7 Å². The maximum atomic E-state index is 12.7. The van der Waals surface area contributed by atoms with Crippen molar-refractivity contribution in [3.05, 3.63) is 29.8 Å². The van der Waals surface area contributed by atoms with Gasteiger partial charge in [-0.25, -0.2) is 0 Å². The van der Waals surface area contributed by atoms with Crippen molar-refractivity contribution >= 4 is 23.4 Å². The van der Waals surface area contributed by atoms with E-state index in [-0.39, 0.29) is 23.6 Å². The van der Waals surface area contributed by atoms with E-state index in [0.29, 0.717) is 37.4 Å². The van der Waals surface area contributed by atoms with Gasteiger partial charge in [-0.05, 0) is 31.0 Å². The molecule has 1 saturated carbocycles. The Morgan fingerprint density at radius 1 is 1.00 bits per heavy atom. The molecule has 1 N–H and O–H groups in total. The van der Waals surface area contributed by atoms with Crippen molar-refractivity contribution in [3.8, 4) is 0 Å². The molecule has 0 radical (unpaired) electrons. The zero-order valence-electron chi connectivity index (χ0n) is 14.7. The summed E-state index contributed by atoms with van der Waals surface area (Å²) in [6.07, 6.45) is 4.32. The summed E-state index contributed by atoms with van der Waals surface area (Å²) in [5, 5.41) is 2.69. The number of carbonyl (C=O) groups is 3. The fraction of sp³-hybridized carbons (Fsp3) is 0.526. The van der Waals surface area contributed by atoms with Crippen LogP contribution >= 0.6 is 0 Å². The quantitative estimate of drug-likeness (QED) is 0.914. The van der Waals surface area contributed by atoms with Gasteiger partial charge in [0.25, 0.3) is 5.91 Å². The third-order valence-electron chi connectivity index (χ3n) is 5.01. The summed E-state index contributed by atoms with van der Waals surface area (Å²) >= 11 is 0. The fourth-order valence-corrected chi connectivity index (χ4v) is 3.68. The summed E-state index contributed by atoms with van der Waals surface area (Å²) < 4.78 is 0. The van der Waals surface area contributed by atoms with E-state index in [4.69, 9.17) is 0 Å². The van der Waals surface area contributed by atoms with Crippen LogP contribution < -0.4 is 5.32 Å². The topological polar surface area (TPSA) is 69.7 Å². The van der Waals surface area contributed by atoms with Gasteiger partial charge >= 0.3 is 0 Å². The predicted molar refractivity (Wildman–Crippen MR) is 95.2 cm³/mol. The van der Waals surface area contributed by atoms with Crippen LogP contribution in [0.1, 0.15) is 43.0 Å². The molecule has 1 saturated heterocycles. The van der Waals surface area contributed by atoms with E-state index in [9.17, 15) is 14.4 Å². The van der Waals surface area contributed by atoms with Crippen molar-refractivity contribution in [3.63, 3.8) is 0 Å². The molecule has 1 heterocycles. The number of benzene rings is 1. The molecule has 3 rings (SSSR count). The van der Waals surface area contributed by atoms with Gasteiger partial charge in [-0.2, -0.15) is 0 Å². The Kier molecular flexibility index (Phi) is 5.36. The Balaban J connectivity index is 1.58. The summed E-state index contributed by atoms with van der Waals surface area (Å²) in [6.45, 7) is 3.76. The molecule has 1 aliphatic carbocycles. The Bertz CT molecular complexity index is 660. The molecule has 2 aliphatic rings. The molecule has 0 atom stereocenters. The second kappa shape index (κ2) is 7.68. The van der Waals surface area contributed by atoms with Crippen LogP contribution in [0.15, 0.2) is 24.3 Å². The van der Waals surface area contributed by atoms with Crippen LogP contribution in [-0.4, -0.2) is 53.7 Å². The van der Waals surface area contributed by atoms with E-state index < -0.39 is 0 Å². The van der Waals surface area contributed by atoms with E-state index in [1.165, 1.54) is 6.92 Å². The zero-order valence-corrected chi connectivity index (χ0v) is 14.7. The lowest BCUT2D eigenvalue weighted by Crippen LogP contribution is -2.51. The molecule has 0 spiro atoms. The van der Waals surface area contributed by atoms with Gasteiger partial charge in [0.05, 0.1) is 0 Å². The molecule has 6 nitrogen and oxygen atoms in total. The average molecular weight is 343 g/mol. The Labute approximate surface area is 148 Å². The Morgan fingerprint density at radius 2 is 1.64 bits per heavy atom. The molecule has 134 valence electrons. The minimum absolute atomic E-state index is 0.0554. The van der Waals surface area contributed by atoms with Gasteiger partial charge in [-0.3, -0.25) is 14.4 Å². The molecule has 1 aromatic rings. The highest BCUT2D eigenvalue weighted by Gasteiger charge is 2.30. The predicted octanol–water partition coefficient (Wildman–Crippen LogP) is 2.12. The maximum absolute atomic E-state index is 12.7. The number of nitrogens with zero attached hydrogens (tertiary/aromatic N) is 2. The number of carbonyl (C=O) groups excluding carboxylic acids is 3. The molecule has 0 bridgehead atoms. The minimum Gasteiger partial charge on any atom is -0.339 e. The zero-order chi connectivity index (χ0) is 17.8. The molecular formula is C19H25N3O3. The first kappa shape index (κ1) is 17.5. The van der Waals surface area contributed by atoms with Gasteiger partial charge in [-0.1, -0.05) is 18.9 Å². The average Bonchev–Trinajstić information content (AvgIpc) is 3.15. The molecule has 6 heteroatoms. The van der Waals surface area contributed by atoms with Gasteiger partial charge in [0.1, 0.15) is 0 Å². The lowest BCUT2D eigenvalue weighted by atomic mass is 10.1. The summed E-state index contributed by atoms with van der Waals surface area (Å²) in [7, 11) is 0. The highest BCUT2D eigenvalue weighted by molar-refractivity contribution is 5.97. The number of piperazine rings is 1. The van der Waals surface area contributed by atoms with Crippen LogP contribution in [0.2, 0.25) is 0 Å². The van der Waals surface area contributed by atoms with Crippen molar-refractivity contribution in [1.82, 2.24) is 9.80 Å². The summed E-state index contributed by atoms with van der Waals surface area (Å²) in [5.41, 5.74) is 1.18. The summed E-state index contributed by atoms with van der Waals surface area (Å²) in [6, 6.07) is 6.97. The first-order valence-corrected chi connectivity index (χ1v) is 9.00. The normalized spacial score (nSPS) is 18.3. The molecule has 0 unspecified atom stereocenters.